The van der Waals surface area contributed by atoms with E-state index in [1.54, 1.807) is 12.3 Å². The Labute approximate surface area is 173 Å². The fraction of sp³-hybridized carbons (Fsp3) is 0.333. The number of carbonyl (C=O) groups excluding carboxylic acids is 1. The van der Waals surface area contributed by atoms with Crippen LogP contribution in [0.5, 0.6) is 0 Å². The van der Waals surface area contributed by atoms with E-state index in [1.807, 2.05) is 43.0 Å². The van der Waals surface area contributed by atoms with Crippen molar-refractivity contribution >= 4 is 11.6 Å². The van der Waals surface area contributed by atoms with Crippen molar-refractivity contribution in [3.8, 4) is 5.69 Å². The highest BCUT2D eigenvalue weighted by Gasteiger charge is 2.21. The predicted octanol–water partition coefficient (Wildman–Crippen LogP) is 1.59. The maximum absolute atomic E-state index is 13.3. The Morgan fingerprint density at radius 3 is 2.63 bits per heavy atom. The van der Waals surface area contributed by atoms with E-state index < -0.39 is 0 Å². The van der Waals surface area contributed by atoms with Crippen LogP contribution in [0.25, 0.3) is 5.69 Å². The average molecular weight is 408 g/mol. The lowest BCUT2D eigenvalue weighted by Crippen LogP contribution is -2.41. The van der Waals surface area contributed by atoms with Gasteiger partial charge in [-0.1, -0.05) is 17.7 Å². The second kappa shape index (κ2) is 8.50. The molecule has 0 radical (unpaired) electrons. The van der Waals surface area contributed by atoms with Crippen LogP contribution in [-0.4, -0.2) is 52.0 Å². The third kappa shape index (κ3) is 4.11. The number of nitrogens with one attached hydrogen (secondary N) is 2. The molecule has 1 aromatic carbocycles. The smallest absolute Gasteiger partial charge is 0.278 e. The number of aryl methyl sites for hydroxylation is 1. The van der Waals surface area contributed by atoms with Gasteiger partial charge in [0, 0.05) is 25.0 Å². The minimum absolute atomic E-state index is 0.166. The van der Waals surface area contributed by atoms with Crippen molar-refractivity contribution < 1.29 is 9.53 Å². The van der Waals surface area contributed by atoms with Crippen LogP contribution in [0.1, 0.15) is 34.7 Å². The standard InChI is InChI=1S/C21H24N6O3/c1-14-3-5-17(6-4-14)27-12-16(20(28)24-15(2)19-22-13-23-25-19)11-18(21(27)29)26-7-9-30-10-8-26/h3-6,11-13,15H,7-10H2,1-2H3,(H,24,28)(H,22,23,25)/t15-/m0/s1. The zero-order valence-corrected chi connectivity index (χ0v) is 17.0. The Balaban J connectivity index is 1.73. The van der Waals surface area contributed by atoms with Gasteiger partial charge in [0.1, 0.15) is 17.8 Å². The molecule has 30 heavy (non-hydrogen) atoms. The largest absolute Gasteiger partial charge is 0.378 e. The number of rotatable bonds is 5. The van der Waals surface area contributed by atoms with Crippen molar-refractivity contribution in [2.24, 2.45) is 0 Å². The van der Waals surface area contributed by atoms with Crippen molar-refractivity contribution in [1.82, 2.24) is 25.1 Å². The number of ether oxygens (including phenoxy) is 1. The molecule has 0 aliphatic carbocycles. The summed E-state index contributed by atoms with van der Waals surface area (Å²) in [5, 5.41) is 9.48. The first-order valence-corrected chi connectivity index (χ1v) is 9.85. The Bertz CT molecular complexity index is 1070. The number of aromatic nitrogens is 4. The number of amides is 1. The molecule has 1 fully saturated rings. The van der Waals surface area contributed by atoms with Crippen LogP contribution in [0, 0.1) is 6.92 Å². The normalized spacial score (nSPS) is 15.1. The van der Waals surface area contributed by atoms with E-state index in [0.717, 1.165) is 5.56 Å². The number of H-pyrrole nitrogens is 1. The van der Waals surface area contributed by atoms with Crippen LogP contribution in [0.2, 0.25) is 0 Å². The molecule has 2 N–H and O–H groups in total. The van der Waals surface area contributed by atoms with Gasteiger partial charge in [-0.05, 0) is 32.0 Å². The van der Waals surface area contributed by atoms with Gasteiger partial charge < -0.3 is 15.0 Å². The molecule has 3 aromatic rings. The van der Waals surface area contributed by atoms with E-state index in [-0.39, 0.29) is 17.5 Å². The SMILES string of the molecule is Cc1ccc(-n2cc(C(=O)N[C@@H](C)c3ncn[nH]3)cc(N3CCOCC3)c2=O)cc1. The molecule has 1 atom stereocenters. The third-order valence-electron chi connectivity index (χ3n) is 5.12. The molecule has 0 spiro atoms. The summed E-state index contributed by atoms with van der Waals surface area (Å²) in [4.78, 5) is 32.3. The molecule has 9 nitrogen and oxygen atoms in total. The summed E-state index contributed by atoms with van der Waals surface area (Å²) in [5.41, 5.74) is 2.51. The van der Waals surface area contributed by atoms with Crippen LogP contribution < -0.4 is 15.8 Å². The van der Waals surface area contributed by atoms with Crippen molar-refractivity contribution in [2.45, 2.75) is 19.9 Å². The number of hydrogen-bond donors (Lipinski definition) is 2. The molecular weight excluding hydrogens is 384 g/mol. The highest BCUT2D eigenvalue weighted by atomic mass is 16.5. The number of aromatic amines is 1. The monoisotopic (exact) mass is 408 g/mol. The van der Waals surface area contributed by atoms with Gasteiger partial charge >= 0.3 is 0 Å². The van der Waals surface area contributed by atoms with Crippen molar-refractivity contribution in [1.29, 1.82) is 0 Å². The first-order valence-electron chi connectivity index (χ1n) is 9.85. The van der Waals surface area contributed by atoms with Crippen molar-refractivity contribution in [3.63, 3.8) is 0 Å². The van der Waals surface area contributed by atoms with E-state index in [4.69, 9.17) is 4.74 Å². The summed E-state index contributed by atoms with van der Waals surface area (Å²) in [6.45, 7) is 6.09. The van der Waals surface area contributed by atoms with Gasteiger partial charge in [-0.15, -0.1) is 0 Å². The Morgan fingerprint density at radius 1 is 1.23 bits per heavy atom. The molecule has 0 saturated carbocycles. The topological polar surface area (TPSA) is 105 Å². The van der Waals surface area contributed by atoms with Crippen molar-refractivity contribution in [2.75, 3.05) is 31.2 Å². The number of anilines is 1. The first kappa shape index (κ1) is 19.8. The molecule has 1 amide bonds. The Kier molecular flexibility index (Phi) is 5.62. The fourth-order valence-corrected chi connectivity index (χ4v) is 3.39. The highest BCUT2D eigenvalue weighted by Crippen LogP contribution is 2.17. The quantitative estimate of drug-likeness (QED) is 0.664. The molecule has 2 aromatic heterocycles. The molecular formula is C21H24N6O3. The molecule has 1 aliphatic rings. The van der Waals surface area contributed by atoms with E-state index in [0.29, 0.717) is 49.1 Å². The zero-order chi connectivity index (χ0) is 21.1. The van der Waals surface area contributed by atoms with E-state index in [1.165, 1.54) is 10.9 Å². The highest BCUT2D eigenvalue weighted by molar-refractivity contribution is 5.95. The summed E-state index contributed by atoms with van der Waals surface area (Å²) in [5.74, 6) is 0.262. The summed E-state index contributed by atoms with van der Waals surface area (Å²) in [6, 6.07) is 8.92. The first-order chi connectivity index (χ1) is 14.5. The lowest BCUT2D eigenvalue weighted by atomic mass is 10.1. The zero-order valence-electron chi connectivity index (χ0n) is 17.0. The molecule has 4 rings (SSSR count). The molecule has 1 saturated heterocycles. The van der Waals surface area contributed by atoms with Gasteiger partial charge in [0.25, 0.3) is 11.5 Å². The maximum Gasteiger partial charge on any atom is 0.278 e. The van der Waals surface area contributed by atoms with E-state index in [2.05, 4.69) is 20.5 Å². The summed E-state index contributed by atoms with van der Waals surface area (Å²) >= 11 is 0. The number of hydrogen-bond acceptors (Lipinski definition) is 6. The average Bonchev–Trinajstić information content (AvgIpc) is 3.30. The molecule has 1 aliphatic heterocycles. The number of pyridine rings is 1. The molecule has 9 heteroatoms. The fourth-order valence-electron chi connectivity index (χ4n) is 3.39. The predicted molar refractivity (Wildman–Crippen MR) is 112 cm³/mol. The Hall–Kier alpha value is -3.46. The van der Waals surface area contributed by atoms with E-state index >= 15 is 0 Å². The second-order valence-electron chi connectivity index (χ2n) is 7.29. The van der Waals surface area contributed by atoms with Gasteiger partial charge in [0.05, 0.1) is 24.8 Å². The lowest BCUT2D eigenvalue weighted by molar-refractivity contribution is 0.0937. The summed E-state index contributed by atoms with van der Waals surface area (Å²) < 4.78 is 6.94. The summed E-state index contributed by atoms with van der Waals surface area (Å²) in [6.07, 6.45) is 2.98. The van der Waals surface area contributed by atoms with Gasteiger partial charge in [0.15, 0.2) is 0 Å². The van der Waals surface area contributed by atoms with Gasteiger partial charge in [0.2, 0.25) is 0 Å². The van der Waals surface area contributed by atoms with E-state index in [9.17, 15) is 9.59 Å². The molecule has 0 bridgehead atoms. The van der Waals surface area contributed by atoms with Gasteiger partial charge in [-0.3, -0.25) is 19.3 Å². The van der Waals surface area contributed by atoms with Crippen LogP contribution >= 0.6 is 0 Å². The second-order valence-corrected chi connectivity index (χ2v) is 7.29. The number of benzene rings is 1. The third-order valence-corrected chi connectivity index (χ3v) is 5.12. The maximum atomic E-state index is 13.3. The number of morpholine rings is 1. The minimum Gasteiger partial charge on any atom is -0.378 e. The van der Waals surface area contributed by atoms with Gasteiger partial charge in [-0.2, -0.15) is 5.10 Å². The molecule has 3 heterocycles. The van der Waals surface area contributed by atoms with Gasteiger partial charge in [-0.25, -0.2) is 4.98 Å². The van der Waals surface area contributed by atoms with Crippen LogP contribution in [0.4, 0.5) is 5.69 Å². The van der Waals surface area contributed by atoms with Crippen LogP contribution in [0.3, 0.4) is 0 Å². The summed E-state index contributed by atoms with van der Waals surface area (Å²) in [7, 11) is 0. The molecule has 156 valence electrons. The Morgan fingerprint density at radius 2 is 1.97 bits per heavy atom. The van der Waals surface area contributed by atoms with Crippen molar-refractivity contribution in [3.05, 3.63) is 70.2 Å². The minimum atomic E-state index is -0.355. The number of nitrogens with zero attached hydrogens (tertiary/aromatic N) is 4. The van der Waals surface area contributed by atoms with Crippen LogP contribution in [0.15, 0.2) is 47.7 Å². The lowest BCUT2D eigenvalue weighted by Gasteiger charge is -2.29. The molecule has 0 unspecified atom stereocenters. The van der Waals surface area contributed by atoms with Crippen LogP contribution in [-0.2, 0) is 4.74 Å². The number of carbonyl (C=O) groups is 1.